The number of hydrogen-bond donors (Lipinski definition) is 2. The quantitative estimate of drug-likeness (QED) is 0.739. The minimum atomic E-state index is 0.0405. The second kappa shape index (κ2) is 7.85. The van der Waals surface area contributed by atoms with Crippen LogP contribution in [0.15, 0.2) is 0 Å². The molecule has 0 aromatic heterocycles. The standard InChI is InChI=1S/C15H29N3O/c1-13-6-8-16-14(12-13)15(19)17-7-5-11-18-9-3-2-4-10-18/h13-14,16H,2-12H2,1H3,(H,17,19). The van der Waals surface area contributed by atoms with Crippen LogP contribution in [0, 0.1) is 5.92 Å². The van der Waals surface area contributed by atoms with Gasteiger partial charge in [-0.1, -0.05) is 13.3 Å². The van der Waals surface area contributed by atoms with Crippen LogP contribution >= 0.6 is 0 Å². The Kier molecular flexibility index (Phi) is 6.11. The molecule has 2 atom stereocenters. The molecule has 2 heterocycles. The van der Waals surface area contributed by atoms with E-state index in [1.165, 1.54) is 38.8 Å². The zero-order chi connectivity index (χ0) is 13.5. The largest absolute Gasteiger partial charge is 0.355 e. The normalized spacial score (nSPS) is 29.1. The van der Waals surface area contributed by atoms with E-state index < -0.39 is 0 Å². The SMILES string of the molecule is CC1CCNC(C(=O)NCCCN2CCCCC2)C1. The smallest absolute Gasteiger partial charge is 0.237 e. The van der Waals surface area contributed by atoms with Gasteiger partial charge < -0.3 is 15.5 Å². The van der Waals surface area contributed by atoms with Gasteiger partial charge in [0.2, 0.25) is 5.91 Å². The summed E-state index contributed by atoms with van der Waals surface area (Å²) in [7, 11) is 0. The number of carbonyl (C=O) groups excluding carboxylic acids is 1. The molecule has 2 fully saturated rings. The van der Waals surface area contributed by atoms with Gasteiger partial charge in [-0.3, -0.25) is 4.79 Å². The highest BCUT2D eigenvalue weighted by atomic mass is 16.2. The van der Waals surface area contributed by atoms with Crippen molar-refractivity contribution in [3.8, 4) is 0 Å². The third kappa shape index (κ3) is 5.11. The Morgan fingerprint density at radius 2 is 2.11 bits per heavy atom. The molecule has 19 heavy (non-hydrogen) atoms. The van der Waals surface area contributed by atoms with Crippen LogP contribution in [0.3, 0.4) is 0 Å². The van der Waals surface area contributed by atoms with E-state index in [2.05, 4.69) is 22.5 Å². The summed E-state index contributed by atoms with van der Waals surface area (Å²) in [5, 5.41) is 6.40. The summed E-state index contributed by atoms with van der Waals surface area (Å²) in [6.07, 6.45) is 7.33. The molecule has 2 saturated heterocycles. The molecule has 0 aromatic carbocycles. The Bertz CT molecular complexity index is 277. The van der Waals surface area contributed by atoms with Crippen molar-refractivity contribution in [2.24, 2.45) is 5.92 Å². The number of carbonyl (C=O) groups is 1. The van der Waals surface area contributed by atoms with E-state index >= 15 is 0 Å². The fourth-order valence-electron chi connectivity index (χ4n) is 3.13. The van der Waals surface area contributed by atoms with Gasteiger partial charge in [0.15, 0.2) is 0 Å². The second-order valence-electron chi connectivity index (χ2n) is 6.18. The molecule has 2 aliphatic rings. The maximum atomic E-state index is 12.0. The Morgan fingerprint density at radius 1 is 1.32 bits per heavy atom. The molecule has 2 rings (SSSR count). The molecule has 2 aliphatic heterocycles. The van der Waals surface area contributed by atoms with Gasteiger partial charge >= 0.3 is 0 Å². The van der Waals surface area contributed by atoms with Gasteiger partial charge in [-0.2, -0.15) is 0 Å². The first-order valence-electron chi connectivity index (χ1n) is 7.99. The lowest BCUT2D eigenvalue weighted by molar-refractivity contribution is -0.124. The fraction of sp³-hybridized carbons (Fsp3) is 0.933. The van der Waals surface area contributed by atoms with Crippen LogP contribution in [0.1, 0.15) is 45.4 Å². The minimum absolute atomic E-state index is 0.0405. The molecule has 0 saturated carbocycles. The highest BCUT2D eigenvalue weighted by molar-refractivity contribution is 5.81. The molecule has 2 N–H and O–H groups in total. The third-order valence-corrected chi connectivity index (χ3v) is 4.38. The number of nitrogens with zero attached hydrogens (tertiary/aromatic N) is 1. The molecule has 0 aliphatic carbocycles. The monoisotopic (exact) mass is 267 g/mol. The zero-order valence-electron chi connectivity index (χ0n) is 12.3. The summed E-state index contributed by atoms with van der Waals surface area (Å²) in [6.45, 7) is 7.66. The van der Waals surface area contributed by atoms with Gasteiger partial charge in [0.25, 0.3) is 0 Å². The van der Waals surface area contributed by atoms with E-state index in [0.29, 0.717) is 5.92 Å². The first-order chi connectivity index (χ1) is 9.25. The van der Waals surface area contributed by atoms with E-state index in [1.54, 1.807) is 0 Å². The van der Waals surface area contributed by atoms with Crippen LogP contribution in [0.2, 0.25) is 0 Å². The number of amides is 1. The Hall–Kier alpha value is -0.610. The van der Waals surface area contributed by atoms with Crippen LogP contribution in [0.5, 0.6) is 0 Å². The van der Waals surface area contributed by atoms with Gasteiger partial charge in [0, 0.05) is 6.54 Å². The first-order valence-corrected chi connectivity index (χ1v) is 7.99. The van der Waals surface area contributed by atoms with E-state index in [0.717, 1.165) is 32.5 Å². The van der Waals surface area contributed by atoms with Crippen molar-refractivity contribution >= 4 is 5.91 Å². The Balaban J connectivity index is 1.55. The van der Waals surface area contributed by atoms with E-state index in [-0.39, 0.29) is 11.9 Å². The maximum Gasteiger partial charge on any atom is 0.237 e. The van der Waals surface area contributed by atoms with Crippen molar-refractivity contribution in [3.63, 3.8) is 0 Å². The molecule has 0 bridgehead atoms. The molecule has 4 nitrogen and oxygen atoms in total. The lowest BCUT2D eigenvalue weighted by Gasteiger charge is -2.28. The highest BCUT2D eigenvalue weighted by Crippen LogP contribution is 2.15. The lowest BCUT2D eigenvalue weighted by atomic mass is 9.94. The number of rotatable bonds is 5. The number of nitrogens with one attached hydrogen (secondary N) is 2. The van der Waals surface area contributed by atoms with Crippen LogP contribution in [0.4, 0.5) is 0 Å². The molecular weight excluding hydrogens is 238 g/mol. The van der Waals surface area contributed by atoms with Gasteiger partial charge in [-0.05, 0) is 64.2 Å². The minimum Gasteiger partial charge on any atom is -0.355 e. The molecule has 110 valence electrons. The summed E-state index contributed by atoms with van der Waals surface area (Å²) >= 11 is 0. The van der Waals surface area contributed by atoms with Gasteiger partial charge in [-0.25, -0.2) is 0 Å². The maximum absolute atomic E-state index is 12.0. The molecule has 2 unspecified atom stereocenters. The van der Waals surface area contributed by atoms with Crippen LogP contribution in [0.25, 0.3) is 0 Å². The lowest BCUT2D eigenvalue weighted by Crippen LogP contribution is -2.48. The summed E-state index contributed by atoms with van der Waals surface area (Å²) < 4.78 is 0. The predicted octanol–water partition coefficient (Wildman–Crippen LogP) is 1.37. The zero-order valence-corrected chi connectivity index (χ0v) is 12.3. The average Bonchev–Trinajstić information content (AvgIpc) is 2.44. The topological polar surface area (TPSA) is 44.4 Å². The van der Waals surface area contributed by atoms with Crippen molar-refractivity contribution < 1.29 is 4.79 Å². The van der Waals surface area contributed by atoms with Gasteiger partial charge in [-0.15, -0.1) is 0 Å². The molecule has 0 spiro atoms. The first kappa shape index (κ1) is 14.8. The predicted molar refractivity (Wildman–Crippen MR) is 78.1 cm³/mol. The van der Waals surface area contributed by atoms with E-state index in [4.69, 9.17) is 0 Å². The number of hydrogen-bond acceptors (Lipinski definition) is 3. The number of likely N-dealkylation sites (tertiary alicyclic amines) is 1. The second-order valence-corrected chi connectivity index (χ2v) is 6.18. The van der Waals surface area contributed by atoms with Crippen molar-refractivity contribution in [2.45, 2.75) is 51.5 Å². The average molecular weight is 267 g/mol. The Labute approximate surface area is 117 Å². The molecule has 0 radical (unpaired) electrons. The van der Waals surface area contributed by atoms with Crippen LogP contribution < -0.4 is 10.6 Å². The van der Waals surface area contributed by atoms with Crippen molar-refractivity contribution in [1.29, 1.82) is 0 Å². The van der Waals surface area contributed by atoms with Crippen molar-refractivity contribution in [1.82, 2.24) is 15.5 Å². The van der Waals surface area contributed by atoms with E-state index in [9.17, 15) is 4.79 Å². The highest BCUT2D eigenvalue weighted by Gasteiger charge is 2.23. The third-order valence-electron chi connectivity index (χ3n) is 4.38. The molecule has 0 aromatic rings. The number of piperidine rings is 2. The van der Waals surface area contributed by atoms with Gasteiger partial charge in [0.05, 0.1) is 6.04 Å². The Morgan fingerprint density at radius 3 is 2.84 bits per heavy atom. The van der Waals surface area contributed by atoms with Gasteiger partial charge in [0.1, 0.15) is 0 Å². The van der Waals surface area contributed by atoms with Crippen molar-refractivity contribution in [2.75, 3.05) is 32.7 Å². The summed E-state index contributed by atoms with van der Waals surface area (Å²) in [5.74, 6) is 0.871. The molecule has 4 heteroatoms. The van der Waals surface area contributed by atoms with E-state index in [1.807, 2.05) is 0 Å². The molecular formula is C15H29N3O. The summed E-state index contributed by atoms with van der Waals surface area (Å²) in [5.41, 5.74) is 0. The fourth-order valence-corrected chi connectivity index (χ4v) is 3.13. The van der Waals surface area contributed by atoms with Crippen molar-refractivity contribution in [3.05, 3.63) is 0 Å². The summed E-state index contributed by atoms with van der Waals surface area (Å²) in [4.78, 5) is 14.5. The van der Waals surface area contributed by atoms with Crippen LogP contribution in [-0.2, 0) is 4.79 Å². The summed E-state index contributed by atoms with van der Waals surface area (Å²) in [6, 6.07) is 0.0405. The molecule has 1 amide bonds. The van der Waals surface area contributed by atoms with Crippen LogP contribution in [-0.4, -0.2) is 49.6 Å².